The van der Waals surface area contributed by atoms with Crippen LogP contribution in [0, 0.1) is 0 Å². The molecular weight excluding hydrogens is 272 g/mol. The van der Waals surface area contributed by atoms with Gasteiger partial charge in [-0.05, 0) is 56.3 Å². The van der Waals surface area contributed by atoms with Crippen LogP contribution in [0.1, 0.15) is 13.8 Å². The summed E-state index contributed by atoms with van der Waals surface area (Å²) in [5, 5.41) is 13.0. The average Bonchev–Trinajstić information content (AvgIpc) is 2.81. The number of anilines is 1. The molecule has 0 spiro atoms. The Bertz CT molecular complexity index is 731. The van der Waals surface area contributed by atoms with Crippen molar-refractivity contribution in [2.24, 2.45) is 0 Å². The van der Waals surface area contributed by atoms with Crippen molar-refractivity contribution < 1.29 is 0 Å². The summed E-state index contributed by atoms with van der Waals surface area (Å²) in [4.78, 5) is 1.63. The van der Waals surface area contributed by atoms with Crippen LogP contribution in [0.5, 0.6) is 0 Å². The van der Waals surface area contributed by atoms with E-state index in [4.69, 9.17) is 11.6 Å². The van der Waals surface area contributed by atoms with E-state index in [1.54, 1.807) is 4.80 Å². The number of benzene rings is 2. The molecule has 0 aliphatic rings. The highest BCUT2D eigenvalue weighted by Crippen LogP contribution is 2.19. The van der Waals surface area contributed by atoms with Crippen molar-refractivity contribution in [3.05, 3.63) is 47.5 Å². The molecule has 0 fully saturated rings. The molecule has 0 unspecified atom stereocenters. The van der Waals surface area contributed by atoms with E-state index in [1.807, 2.05) is 42.5 Å². The van der Waals surface area contributed by atoms with Gasteiger partial charge in [-0.15, -0.1) is 10.2 Å². The lowest BCUT2D eigenvalue weighted by molar-refractivity contribution is 0.766. The highest BCUT2D eigenvalue weighted by atomic mass is 35.5. The quantitative estimate of drug-likeness (QED) is 0.794. The van der Waals surface area contributed by atoms with Crippen LogP contribution in [0.2, 0.25) is 5.02 Å². The molecule has 20 heavy (non-hydrogen) atoms. The van der Waals surface area contributed by atoms with Gasteiger partial charge in [-0.1, -0.05) is 11.6 Å². The molecule has 1 aromatic heterocycles. The molecule has 102 valence electrons. The van der Waals surface area contributed by atoms with Gasteiger partial charge in [0.05, 0.1) is 5.69 Å². The molecule has 0 saturated carbocycles. The third kappa shape index (κ3) is 2.60. The minimum atomic E-state index is 0.388. The predicted octanol–water partition coefficient (Wildman–Crippen LogP) is 3.89. The summed E-state index contributed by atoms with van der Waals surface area (Å²) in [5.41, 5.74) is 3.68. The van der Waals surface area contributed by atoms with E-state index in [-0.39, 0.29) is 0 Å². The average molecular weight is 287 g/mol. The molecule has 5 heteroatoms. The van der Waals surface area contributed by atoms with E-state index < -0.39 is 0 Å². The van der Waals surface area contributed by atoms with E-state index in [0.29, 0.717) is 11.1 Å². The lowest BCUT2D eigenvalue weighted by Gasteiger charge is -2.08. The fourth-order valence-corrected chi connectivity index (χ4v) is 2.15. The number of nitrogens with zero attached hydrogens (tertiary/aromatic N) is 3. The number of nitrogens with one attached hydrogen (secondary N) is 1. The number of halogens is 1. The molecule has 0 aliphatic heterocycles. The number of fused-ring (bicyclic) bond motifs is 1. The van der Waals surface area contributed by atoms with Gasteiger partial charge >= 0.3 is 0 Å². The summed E-state index contributed by atoms with van der Waals surface area (Å²) >= 11 is 5.89. The van der Waals surface area contributed by atoms with Gasteiger partial charge < -0.3 is 5.32 Å². The Balaban J connectivity index is 1.99. The van der Waals surface area contributed by atoms with Crippen molar-refractivity contribution in [3.8, 4) is 5.69 Å². The van der Waals surface area contributed by atoms with Crippen molar-refractivity contribution >= 4 is 28.3 Å². The first kappa shape index (κ1) is 12.9. The van der Waals surface area contributed by atoms with Crippen molar-refractivity contribution in [2.75, 3.05) is 5.32 Å². The Morgan fingerprint density at radius 2 is 1.70 bits per heavy atom. The van der Waals surface area contributed by atoms with Crippen LogP contribution in [-0.4, -0.2) is 21.0 Å². The van der Waals surface area contributed by atoms with Crippen LogP contribution in [0.25, 0.3) is 16.7 Å². The largest absolute Gasteiger partial charge is 0.383 e. The second kappa shape index (κ2) is 5.13. The second-order valence-corrected chi connectivity index (χ2v) is 5.40. The lowest BCUT2D eigenvalue weighted by Crippen LogP contribution is -2.09. The topological polar surface area (TPSA) is 42.7 Å². The van der Waals surface area contributed by atoms with Crippen LogP contribution in [-0.2, 0) is 0 Å². The van der Waals surface area contributed by atoms with Gasteiger partial charge in [0.2, 0.25) is 0 Å². The van der Waals surface area contributed by atoms with Crippen LogP contribution in [0.15, 0.2) is 42.5 Å². The molecule has 4 nitrogen and oxygen atoms in total. The third-order valence-corrected chi connectivity index (χ3v) is 3.15. The molecule has 0 amide bonds. The smallest absolute Gasteiger partial charge is 0.115 e. The molecule has 0 radical (unpaired) electrons. The highest BCUT2D eigenvalue weighted by molar-refractivity contribution is 6.30. The minimum absolute atomic E-state index is 0.388. The van der Waals surface area contributed by atoms with Gasteiger partial charge in [0.1, 0.15) is 11.0 Å². The zero-order chi connectivity index (χ0) is 14.1. The molecule has 3 aromatic rings. The van der Waals surface area contributed by atoms with E-state index in [2.05, 4.69) is 29.4 Å². The van der Waals surface area contributed by atoms with E-state index >= 15 is 0 Å². The van der Waals surface area contributed by atoms with Gasteiger partial charge in [0.25, 0.3) is 0 Å². The van der Waals surface area contributed by atoms with Crippen molar-refractivity contribution in [3.63, 3.8) is 0 Å². The van der Waals surface area contributed by atoms with Crippen molar-refractivity contribution in [1.82, 2.24) is 15.0 Å². The summed E-state index contributed by atoms with van der Waals surface area (Å²) < 4.78 is 0. The van der Waals surface area contributed by atoms with Crippen LogP contribution >= 0.6 is 11.6 Å². The fraction of sp³-hybridized carbons (Fsp3) is 0.200. The Morgan fingerprint density at radius 3 is 2.40 bits per heavy atom. The fourth-order valence-electron chi connectivity index (χ4n) is 2.03. The van der Waals surface area contributed by atoms with Crippen LogP contribution in [0.4, 0.5) is 5.69 Å². The Labute approximate surface area is 122 Å². The van der Waals surface area contributed by atoms with Gasteiger partial charge in [-0.3, -0.25) is 0 Å². The first-order valence-electron chi connectivity index (χ1n) is 6.51. The maximum Gasteiger partial charge on any atom is 0.115 e. The van der Waals surface area contributed by atoms with Gasteiger partial charge in [-0.2, -0.15) is 4.80 Å². The summed E-state index contributed by atoms with van der Waals surface area (Å²) in [7, 11) is 0. The number of hydrogen-bond donors (Lipinski definition) is 1. The molecule has 2 aromatic carbocycles. The summed E-state index contributed by atoms with van der Waals surface area (Å²) in [6, 6.07) is 13.8. The summed E-state index contributed by atoms with van der Waals surface area (Å²) in [6.45, 7) is 4.21. The van der Waals surface area contributed by atoms with E-state index in [0.717, 1.165) is 22.4 Å². The molecule has 0 aliphatic carbocycles. The Morgan fingerprint density at radius 1 is 1.00 bits per heavy atom. The summed E-state index contributed by atoms with van der Waals surface area (Å²) in [5.74, 6) is 0. The van der Waals surface area contributed by atoms with Gasteiger partial charge in [0.15, 0.2) is 0 Å². The number of aromatic nitrogens is 3. The van der Waals surface area contributed by atoms with Crippen LogP contribution in [0.3, 0.4) is 0 Å². The molecule has 0 bridgehead atoms. The molecule has 1 heterocycles. The van der Waals surface area contributed by atoms with E-state index in [9.17, 15) is 0 Å². The first-order valence-corrected chi connectivity index (χ1v) is 6.89. The number of rotatable bonds is 3. The SMILES string of the molecule is CC(C)Nc1ccc2nn(-c3ccc(Cl)cc3)nc2c1. The van der Waals surface area contributed by atoms with Crippen molar-refractivity contribution in [1.29, 1.82) is 0 Å². The zero-order valence-corrected chi connectivity index (χ0v) is 12.1. The monoisotopic (exact) mass is 286 g/mol. The maximum absolute atomic E-state index is 5.89. The second-order valence-electron chi connectivity index (χ2n) is 4.97. The predicted molar refractivity (Wildman–Crippen MR) is 82.6 cm³/mol. The third-order valence-electron chi connectivity index (χ3n) is 2.89. The molecule has 3 rings (SSSR count). The minimum Gasteiger partial charge on any atom is -0.383 e. The van der Waals surface area contributed by atoms with E-state index in [1.165, 1.54) is 0 Å². The molecule has 0 saturated heterocycles. The highest BCUT2D eigenvalue weighted by Gasteiger charge is 2.06. The Hall–Kier alpha value is -2.07. The maximum atomic E-state index is 5.89. The molecular formula is C15H15ClN4. The van der Waals surface area contributed by atoms with Crippen LogP contribution < -0.4 is 5.32 Å². The summed E-state index contributed by atoms with van der Waals surface area (Å²) in [6.07, 6.45) is 0. The van der Waals surface area contributed by atoms with Gasteiger partial charge in [-0.25, -0.2) is 0 Å². The normalized spacial score (nSPS) is 11.2. The first-order chi connectivity index (χ1) is 9.61. The standard InChI is InChI=1S/C15H15ClN4/c1-10(2)17-12-5-8-14-15(9-12)19-20(18-14)13-6-3-11(16)4-7-13/h3-10,17H,1-2H3. The lowest BCUT2D eigenvalue weighted by atomic mass is 10.2. The zero-order valence-electron chi connectivity index (χ0n) is 11.3. The van der Waals surface area contributed by atoms with Crippen molar-refractivity contribution in [2.45, 2.75) is 19.9 Å². The Kier molecular flexibility index (Phi) is 3.32. The van der Waals surface area contributed by atoms with Gasteiger partial charge in [0, 0.05) is 16.8 Å². The number of hydrogen-bond acceptors (Lipinski definition) is 3. The molecule has 1 N–H and O–H groups in total. The molecule has 0 atom stereocenters.